The second-order valence-electron chi connectivity index (χ2n) is 5.88. The van der Waals surface area contributed by atoms with Crippen molar-refractivity contribution in [1.82, 2.24) is 14.8 Å². The summed E-state index contributed by atoms with van der Waals surface area (Å²) in [5.41, 5.74) is 8.47. The number of aliphatic imine (C=N–C) groups is 1. The Bertz CT molecular complexity index is 1040. The van der Waals surface area contributed by atoms with E-state index in [2.05, 4.69) is 10.1 Å². The molecule has 0 saturated carbocycles. The molecule has 0 bridgehead atoms. The third-order valence-electron chi connectivity index (χ3n) is 4.28. The molecule has 1 atom stereocenters. The van der Waals surface area contributed by atoms with E-state index in [0.29, 0.717) is 23.0 Å². The molecule has 1 aliphatic heterocycles. The summed E-state index contributed by atoms with van der Waals surface area (Å²) in [5.74, 6) is 0.244. The van der Waals surface area contributed by atoms with Gasteiger partial charge in [-0.15, -0.1) is 5.10 Å². The molecule has 1 aromatic heterocycles. The van der Waals surface area contributed by atoms with E-state index in [0.717, 1.165) is 11.1 Å². The second kappa shape index (κ2) is 6.65. The third-order valence-corrected chi connectivity index (χ3v) is 4.28. The molecule has 136 valence electrons. The Balaban J connectivity index is 2.03. The van der Waals surface area contributed by atoms with Gasteiger partial charge in [-0.2, -0.15) is 0 Å². The average Bonchev–Trinajstić information content (AvgIpc) is 3.09. The summed E-state index contributed by atoms with van der Waals surface area (Å²) < 4.78 is 12.5. The number of carbonyl (C=O) groups is 1. The lowest BCUT2D eigenvalue weighted by Gasteiger charge is -2.12. The van der Waals surface area contributed by atoms with Crippen LogP contribution in [0.2, 0.25) is 0 Å². The lowest BCUT2D eigenvalue weighted by Crippen LogP contribution is -2.14. The van der Waals surface area contributed by atoms with Crippen LogP contribution in [0.25, 0.3) is 5.69 Å². The quantitative estimate of drug-likeness (QED) is 0.762. The first-order valence-corrected chi connectivity index (χ1v) is 8.24. The van der Waals surface area contributed by atoms with Crippen molar-refractivity contribution >= 4 is 11.6 Å². The number of ether oxygens (including phenoxy) is 2. The fourth-order valence-electron chi connectivity index (χ4n) is 3.01. The van der Waals surface area contributed by atoms with E-state index in [-0.39, 0.29) is 5.82 Å². The van der Waals surface area contributed by atoms with Gasteiger partial charge in [0, 0.05) is 18.2 Å². The molecular weight excluding hydrogens is 346 g/mol. The maximum atomic E-state index is 11.6. The fraction of sp³-hybridized carbons (Fsp3) is 0.158. The van der Waals surface area contributed by atoms with Crippen molar-refractivity contribution in [2.45, 2.75) is 6.23 Å². The van der Waals surface area contributed by atoms with Gasteiger partial charge in [0.2, 0.25) is 12.1 Å². The first-order valence-electron chi connectivity index (χ1n) is 8.24. The number of nitrogens with two attached hydrogens (primary N) is 1. The Kier molecular flexibility index (Phi) is 4.17. The Morgan fingerprint density at radius 2 is 1.93 bits per heavy atom. The van der Waals surface area contributed by atoms with Crippen LogP contribution in [-0.4, -0.2) is 40.6 Å². The van der Waals surface area contributed by atoms with Crippen LogP contribution in [-0.2, 0) is 4.74 Å². The van der Waals surface area contributed by atoms with Gasteiger partial charge in [0.1, 0.15) is 5.75 Å². The number of carbonyl (C=O) groups excluding carboxylic acids is 1. The van der Waals surface area contributed by atoms with Gasteiger partial charge < -0.3 is 15.2 Å². The van der Waals surface area contributed by atoms with E-state index < -0.39 is 12.1 Å². The maximum Gasteiger partial charge on any atom is 0.288 e. The molecule has 0 radical (unpaired) electrons. The van der Waals surface area contributed by atoms with Crippen molar-refractivity contribution in [1.29, 1.82) is 0 Å². The normalized spacial score (nSPS) is 15.3. The van der Waals surface area contributed by atoms with E-state index in [9.17, 15) is 4.79 Å². The van der Waals surface area contributed by atoms with Crippen LogP contribution >= 0.6 is 0 Å². The van der Waals surface area contributed by atoms with Gasteiger partial charge >= 0.3 is 0 Å². The van der Waals surface area contributed by atoms with E-state index in [4.69, 9.17) is 20.2 Å². The number of hydrogen-bond donors (Lipinski definition) is 1. The molecule has 0 saturated heterocycles. The number of aromatic nitrogens is 3. The van der Waals surface area contributed by atoms with Crippen LogP contribution in [0, 0.1) is 0 Å². The van der Waals surface area contributed by atoms with Crippen LogP contribution in [0.3, 0.4) is 0 Å². The summed E-state index contributed by atoms with van der Waals surface area (Å²) in [6.07, 6.45) is -0.751. The Hall–Kier alpha value is -3.52. The minimum atomic E-state index is -0.751. The molecule has 8 heteroatoms. The maximum absolute atomic E-state index is 11.6. The monoisotopic (exact) mass is 363 g/mol. The van der Waals surface area contributed by atoms with Gasteiger partial charge in [-0.1, -0.05) is 30.3 Å². The number of benzene rings is 2. The number of fused-ring (bicyclic) bond motifs is 3. The van der Waals surface area contributed by atoms with Gasteiger partial charge in [-0.25, -0.2) is 14.7 Å². The SMILES string of the molecule is COc1ccc2c(c1)C(c1ccccc1)=NC(OC)c1nc(C(N)=O)nn1-2. The minimum absolute atomic E-state index is 0.0906. The first kappa shape index (κ1) is 16.9. The Morgan fingerprint density at radius 1 is 1.15 bits per heavy atom. The third kappa shape index (κ3) is 2.85. The number of nitrogens with zero attached hydrogens (tertiary/aromatic N) is 4. The van der Waals surface area contributed by atoms with Gasteiger partial charge in [-0.05, 0) is 18.2 Å². The number of amides is 1. The Labute approximate surface area is 155 Å². The zero-order chi connectivity index (χ0) is 19.0. The van der Waals surface area contributed by atoms with E-state index in [1.54, 1.807) is 11.8 Å². The molecule has 4 rings (SSSR count). The van der Waals surface area contributed by atoms with Gasteiger partial charge in [0.05, 0.1) is 18.5 Å². The van der Waals surface area contributed by atoms with Crippen molar-refractivity contribution in [3.8, 4) is 11.4 Å². The molecular formula is C19H17N5O3. The topological polar surface area (TPSA) is 105 Å². The van der Waals surface area contributed by atoms with Crippen LogP contribution in [0.1, 0.15) is 33.8 Å². The van der Waals surface area contributed by atoms with Crippen molar-refractivity contribution in [3.63, 3.8) is 0 Å². The molecule has 2 heterocycles. The van der Waals surface area contributed by atoms with Crippen molar-refractivity contribution in [2.24, 2.45) is 10.7 Å². The number of rotatable bonds is 4. The van der Waals surface area contributed by atoms with Crippen molar-refractivity contribution < 1.29 is 14.3 Å². The number of hydrogen-bond acceptors (Lipinski definition) is 6. The van der Waals surface area contributed by atoms with E-state index in [1.165, 1.54) is 7.11 Å². The summed E-state index contributed by atoms with van der Waals surface area (Å²) in [7, 11) is 3.12. The summed E-state index contributed by atoms with van der Waals surface area (Å²) in [5, 5.41) is 4.27. The molecule has 0 spiro atoms. The first-order chi connectivity index (χ1) is 13.1. The number of primary amides is 1. The second-order valence-corrected chi connectivity index (χ2v) is 5.88. The van der Waals surface area contributed by atoms with E-state index >= 15 is 0 Å². The lowest BCUT2D eigenvalue weighted by atomic mass is 10.0. The molecule has 1 aliphatic rings. The summed E-state index contributed by atoms with van der Waals surface area (Å²) in [6.45, 7) is 0. The lowest BCUT2D eigenvalue weighted by molar-refractivity contribution is 0.0985. The van der Waals surface area contributed by atoms with Crippen molar-refractivity contribution in [3.05, 3.63) is 71.3 Å². The highest BCUT2D eigenvalue weighted by Gasteiger charge is 2.29. The molecule has 2 aromatic carbocycles. The number of methoxy groups -OCH3 is 2. The van der Waals surface area contributed by atoms with Gasteiger partial charge in [-0.3, -0.25) is 4.79 Å². The van der Waals surface area contributed by atoms with E-state index in [1.807, 2.05) is 48.5 Å². The standard InChI is InChI=1S/C19H17N5O3/c1-26-12-8-9-14-13(10-12)15(11-6-4-3-5-7-11)21-19(27-2)18-22-17(16(20)25)23-24(14)18/h3-10,19H,1-2H3,(H2,20,25). The van der Waals surface area contributed by atoms with Gasteiger partial charge in [0.25, 0.3) is 5.91 Å². The summed E-state index contributed by atoms with van der Waals surface area (Å²) >= 11 is 0. The largest absolute Gasteiger partial charge is 0.497 e. The van der Waals surface area contributed by atoms with Crippen LogP contribution in [0.15, 0.2) is 53.5 Å². The minimum Gasteiger partial charge on any atom is -0.497 e. The molecule has 2 N–H and O–H groups in total. The molecule has 1 unspecified atom stereocenters. The predicted octanol–water partition coefficient (Wildman–Crippen LogP) is 1.87. The molecule has 0 fully saturated rings. The van der Waals surface area contributed by atoms with Crippen molar-refractivity contribution in [2.75, 3.05) is 14.2 Å². The Morgan fingerprint density at radius 3 is 2.59 bits per heavy atom. The van der Waals surface area contributed by atoms with Crippen LogP contribution < -0.4 is 10.5 Å². The highest BCUT2D eigenvalue weighted by atomic mass is 16.5. The average molecular weight is 363 g/mol. The summed E-state index contributed by atoms with van der Waals surface area (Å²) in [4.78, 5) is 20.6. The molecule has 1 amide bonds. The zero-order valence-electron chi connectivity index (χ0n) is 14.8. The predicted molar refractivity (Wildman–Crippen MR) is 98.3 cm³/mol. The molecule has 3 aromatic rings. The molecule has 0 aliphatic carbocycles. The highest BCUT2D eigenvalue weighted by molar-refractivity contribution is 6.15. The van der Waals surface area contributed by atoms with Crippen LogP contribution in [0.5, 0.6) is 5.75 Å². The molecule has 8 nitrogen and oxygen atoms in total. The molecule has 27 heavy (non-hydrogen) atoms. The zero-order valence-corrected chi connectivity index (χ0v) is 14.8. The highest BCUT2D eigenvalue weighted by Crippen LogP contribution is 2.32. The fourth-order valence-corrected chi connectivity index (χ4v) is 3.01. The smallest absolute Gasteiger partial charge is 0.288 e. The van der Waals surface area contributed by atoms with Crippen LogP contribution in [0.4, 0.5) is 0 Å². The van der Waals surface area contributed by atoms with Gasteiger partial charge in [0.15, 0.2) is 5.82 Å². The summed E-state index contributed by atoms with van der Waals surface area (Å²) in [6, 6.07) is 15.3.